The molecular formula is C20H34O14. The fraction of sp³-hybridized carbons (Fsp3) is 0.900. The quantitative estimate of drug-likeness (QED) is 0.102. The number of carbonyl (C=O) groups excluding carboxylic acids is 2. The summed E-state index contributed by atoms with van der Waals surface area (Å²) in [6.45, 7) is -1.09. The standard InChI is InChI=1S/C20H34O14/c1-2-3-4-5-12(23)31-8-13(24)30-7-11-14(25)16(27)17(28)19(32-11)34-20(9-22)18(29)15(26)10(6-21)33-20/h10-11,14-19,21-22,25-29H,2-9H2,1H3/t10-,11-,14-,15-,16+,17-,18+,19-,20+/m1/s1. The number of aliphatic hydroxyl groups is 7. The molecule has 0 unspecified atom stereocenters. The van der Waals surface area contributed by atoms with Crippen LogP contribution in [-0.2, 0) is 33.3 Å². The van der Waals surface area contributed by atoms with Crippen molar-refractivity contribution in [1.29, 1.82) is 0 Å². The van der Waals surface area contributed by atoms with Gasteiger partial charge in [0, 0.05) is 6.42 Å². The van der Waals surface area contributed by atoms with Crippen molar-refractivity contribution in [2.75, 3.05) is 26.4 Å². The molecule has 0 amide bonds. The number of aliphatic hydroxyl groups excluding tert-OH is 7. The van der Waals surface area contributed by atoms with Crippen molar-refractivity contribution in [2.45, 2.75) is 87.4 Å². The van der Waals surface area contributed by atoms with E-state index in [1.807, 2.05) is 6.92 Å². The molecule has 0 aromatic carbocycles. The first kappa shape index (κ1) is 28.8. The Morgan fingerprint density at radius 3 is 2.18 bits per heavy atom. The van der Waals surface area contributed by atoms with Crippen LogP contribution < -0.4 is 0 Å². The number of rotatable bonds is 12. The predicted molar refractivity (Wildman–Crippen MR) is 108 cm³/mol. The van der Waals surface area contributed by atoms with Gasteiger partial charge in [-0.1, -0.05) is 19.8 Å². The third-order valence-electron chi connectivity index (χ3n) is 5.63. The van der Waals surface area contributed by atoms with Crippen molar-refractivity contribution >= 4 is 11.9 Å². The highest BCUT2D eigenvalue weighted by atomic mass is 16.8. The number of unbranched alkanes of at least 4 members (excludes halogenated alkanes) is 2. The van der Waals surface area contributed by atoms with Gasteiger partial charge in [-0.3, -0.25) is 4.79 Å². The van der Waals surface area contributed by atoms with Crippen LogP contribution in [0.2, 0.25) is 0 Å². The van der Waals surface area contributed by atoms with E-state index in [4.69, 9.17) is 23.7 Å². The summed E-state index contributed by atoms with van der Waals surface area (Å²) in [4.78, 5) is 23.4. The van der Waals surface area contributed by atoms with Crippen LogP contribution in [0.1, 0.15) is 32.6 Å². The van der Waals surface area contributed by atoms with E-state index in [2.05, 4.69) is 0 Å². The van der Waals surface area contributed by atoms with Gasteiger partial charge in [0.05, 0.1) is 6.61 Å². The van der Waals surface area contributed by atoms with Crippen LogP contribution in [0.5, 0.6) is 0 Å². The van der Waals surface area contributed by atoms with E-state index >= 15 is 0 Å². The van der Waals surface area contributed by atoms with E-state index in [1.165, 1.54) is 0 Å². The molecule has 0 aliphatic carbocycles. The van der Waals surface area contributed by atoms with E-state index in [9.17, 15) is 45.3 Å². The average molecular weight is 498 g/mol. The normalized spacial score (nSPS) is 38.0. The summed E-state index contributed by atoms with van der Waals surface area (Å²) < 4.78 is 25.6. The molecule has 34 heavy (non-hydrogen) atoms. The van der Waals surface area contributed by atoms with Crippen molar-refractivity contribution < 1.29 is 69.0 Å². The number of esters is 2. The summed E-state index contributed by atoms with van der Waals surface area (Å²) in [5, 5.41) is 69.7. The largest absolute Gasteiger partial charge is 0.460 e. The maximum Gasteiger partial charge on any atom is 0.344 e. The number of hydrogen-bond donors (Lipinski definition) is 7. The molecule has 2 aliphatic heterocycles. The highest BCUT2D eigenvalue weighted by molar-refractivity contribution is 5.76. The molecule has 2 saturated heterocycles. The van der Waals surface area contributed by atoms with Gasteiger partial charge in [0.2, 0.25) is 5.79 Å². The van der Waals surface area contributed by atoms with Gasteiger partial charge in [-0.25, -0.2) is 4.79 Å². The lowest BCUT2D eigenvalue weighted by Crippen LogP contribution is -2.62. The zero-order valence-electron chi connectivity index (χ0n) is 18.8. The fourth-order valence-corrected chi connectivity index (χ4v) is 3.57. The zero-order valence-corrected chi connectivity index (χ0v) is 18.8. The summed E-state index contributed by atoms with van der Waals surface area (Å²) in [5.74, 6) is -3.85. The first-order valence-corrected chi connectivity index (χ1v) is 11.0. The molecule has 14 heteroatoms. The van der Waals surface area contributed by atoms with Gasteiger partial charge >= 0.3 is 11.9 Å². The maximum atomic E-state index is 11.9. The lowest BCUT2D eigenvalue weighted by Gasteiger charge is -2.43. The van der Waals surface area contributed by atoms with Gasteiger partial charge in [-0.05, 0) is 6.42 Å². The van der Waals surface area contributed by atoms with E-state index < -0.39 is 93.2 Å². The van der Waals surface area contributed by atoms with Gasteiger partial charge in [0.25, 0.3) is 0 Å². The van der Waals surface area contributed by atoms with E-state index in [-0.39, 0.29) is 6.42 Å². The van der Waals surface area contributed by atoms with Gasteiger partial charge in [0.1, 0.15) is 55.9 Å². The van der Waals surface area contributed by atoms with Crippen LogP contribution in [0.3, 0.4) is 0 Å². The Hall–Kier alpha value is -1.46. The monoisotopic (exact) mass is 498 g/mol. The van der Waals surface area contributed by atoms with E-state index in [0.717, 1.165) is 12.8 Å². The number of ether oxygens (including phenoxy) is 5. The topological polar surface area (TPSA) is 222 Å². The molecule has 0 spiro atoms. The SMILES string of the molecule is CCCCCC(=O)OCC(=O)OC[C@H]1O[C@H](O[C@]2(CO)O[C@H](CO)[C@@H](O)[C@@H]2O)[C@H](O)[C@@H](O)[C@@H]1O. The molecule has 2 fully saturated rings. The minimum Gasteiger partial charge on any atom is -0.460 e. The Kier molecular flexibility index (Phi) is 11.0. The second-order valence-electron chi connectivity index (χ2n) is 8.18. The number of carbonyl (C=O) groups is 2. The second kappa shape index (κ2) is 13.0. The molecule has 2 heterocycles. The highest BCUT2D eigenvalue weighted by Crippen LogP contribution is 2.36. The van der Waals surface area contributed by atoms with Crippen LogP contribution in [0.15, 0.2) is 0 Å². The van der Waals surface area contributed by atoms with E-state index in [0.29, 0.717) is 6.42 Å². The summed E-state index contributed by atoms with van der Waals surface area (Å²) in [6, 6.07) is 0. The molecule has 14 nitrogen and oxygen atoms in total. The first-order chi connectivity index (χ1) is 16.1. The van der Waals surface area contributed by atoms with Crippen molar-refractivity contribution in [3.63, 3.8) is 0 Å². The molecule has 2 aliphatic rings. The zero-order chi connectivity index (χ0) is 25.5. The molecule has 0 saturated carbocycles. The second-order valence-corrected chi connectivity index (χ2v) is 8.18. The Morgan fingerprint density at radius 1 is 0.882 bits per heavy atom. The molecule has 2 rings (SSSR count). The summed E-state index contributed by atoms with van der Waals surface area (Å²) >= 11 is 0. The van der Waals surface area contributed by atoms with Crippen molar-refractivity contribution in [1.82, 2.24) is 0 Å². The summed E-state index contributed by atoms with van der Waals surface area (Å²) in [7, 11) is 0. The van der Waals surface area contributed by atoms with Gasteiger partial charge < -0.3 is 59.4 Å². The smallest absolute Gasteiger partial charge is 0.344 e. The van der Waals surface area contributed by atoms with Crippen molar-refractivity contribution in [3.05, 3.63) is 0 Å². The molecule has 0 bridgehead atoms. The third-order valence-corrected chi connectivity index (χ3v) is 5.63. The molecular weight excluding hydrogens is 464 g/mol. The number of hydrogen-bond acceptors (Lipinski definition) is 14. The molecule has 9 atom stereocenters. The van der Waals surface area contributed by atoms with Crippen LogP contribution in [-0.4, -0.2) is 129 Å². The molecule has 0 aromatic rings. The Labute approximate surface area is 195 Å². The van der Waals surface area contributed by atoms with Gasteiger partial charge in [-0.2, -0.15) is 0 Å². The predicted octanol–water partition coefficient (Wildman–Crippen LogP) is -3.72. The molecule has 198 valence electrons. The average Bonchev–Trinajstić information content (AvgIpc) is 3.07. The minimum absolute atomic E-state index is 0.154. The van der Waals surface area contributed by atoms with Crippen LogP contribution in [0, 0.1) is 0 Å². The van der Waals surface area contributed by atoms with Gasteiger partial charge in [0.15, 0.2) is 12.9 Å². The van der Waals surface area contributed by atoms with Crippen LogP contribution in [0.4, 0.5) is 0 Å². The summed E-state index contributed by atoms with van der Waals surface area (Å²) in [5.41, 5.74) is 0. The molecule has 0 aromatic heterocycles. The lowest BCUT2D eigenvalue weighted by atomic mass is 9.99. The van der Waals surface area contributed by atoms with Crippen LogP contribution >= 0.6 is 0 Å². The maximum absolute atomic E-state index is 11.9. The van der Waals surface area contributed by atoms with Crippen molar-refractivity contribution in [3.8, 4) is 0 Å². The minimum atomic E-state index is -2.33. The fourth-order valence-electron chi connectivity index (χ4n) is 3.57. The highest BCUT2D eigenvalue weighted by Gasteiger charge is 2.58. The van der Waals surface area contributed by atoms with E-state index in [1.54, 1.807) is 0 Å². The van der Waals surface area contributed by atoms with Crippen molar-refractivity contribution in [2.24, 2.45) is 0 Å². The Balaban J connectivity index is 1.94. The summed E-state index contributed by atoms with van der Waals surface area (Å²) in [6.07, 6.45) is -11.0. The van der Waals surface area contributed by atoms with Gasteiger partial charge in [-0.15, -0.1) is 0 Å². The first-order valence-electron chi connectivity index (χ1n) is 11.0. The lowest BCUT2D eigenvalue weighted by molar-refractivity contribution is -0.383. The Morgan fingerprint density at radius 2 is 1.59 bits per heavy atom. The van der Waals surface area contributed by atoms with Crippen LogP contribution in [0.25, 0.3) is 0 Å². The molecule has 7 N–H and O–H groups in total. The Bertz CT molecular complexity index is 661. The molecule has 0 radical (unpaired) electrons. The third kappa shape index (κ3) is 6.81.